The molecule has 0 aliphatic heterocycles. The van der Waals surface area contributed by atoms with Gasteiger partial charge in [-0.05, 0) is 54.4 Å². The number of hydrogen-bond acceptors (Lipinski definition) is 4. The van der Waals surface area contributed by atoms with Crippen LogP contribution in [0, 0.1) is 0 Å². The fraction of sp³-hybridized carbons (Fsp3) is 0.160. The van der Waals surface area contributed by atoms with Crippen LogP contribution in [-0.2, 0) is 9.59 Å². The summed E-state index contributed by atoms with van der Waals surface area (Å²) in [4.78, 5) is 37.0. The second kappa shape index (κ2) is 11.2. The molecule has 0 aliphatic rings. The van der Waals surface area contributed by atoms with Gasteiger partial charge in [0.05, 0.1) is 5.56 Å². The largest absolute Gasteiger partial charge is 0.478 e. The molecule has 1 atom stereocenters. The number of carboxylic acid groups (broad SMARTS) is 1. The molecule has 0 spiro atoms. The first-order valence-electron chi connectivity index (χ1n) is 10.2. The summed E-state index contributed by atoms with van der Waals surface area (Å²) in [5.41, 5.74) is 2.06. The van der Waals surface area contributed by atoms with Crippen molar-refractivity contribution in [1.82, 2.24) is 0 Å². The minimum absolute atomic E-state index is 0.0296. The molecule has 32 heavy (non-hydrogen) atoms. The summed E-state index contributed by atoms with van der Waals surface area (Å²) in [6.45, 7) is 1.95. The Labute approximate surface area is 191 Å². The van der Waals surface area contributed by atoms with Crippen LogP contribution in [0.5, 0.6) is 0 Å². The summed E-state index contributed by atoms with van der Waals surface area (Å²) in [5.74, 6) is -1.34. The van der Waals surface area contributed by atoms with Crippen molar-refractivity contribution in [1.29, 1.82) is 0 Å². The van der Waals surface area contributed by atoms with Crippen molar-refractivity contribution in [3.05, 3.63) is 90.0 Å². The number of benzene rings is 3. The third kappa shape index (κ3) is 6.46. The van der Waals surface area contributed by atoms with Crippen molar-refractivity contribution in [2.45, 2.75) is 29.9 Å². The summed E-state index contributed by atoms with van der Waals surface area (Å²) in [6, 6.07) is 22.9. The second-order valence-electron chi connectivity index (χ2n) is 7.11. The Morgan fingerprint density at radius 2 is 1.59 bits per heavy atom. The maximum Gasteiger partial charge on any atom is 0.335 e. The van der Waals surface area contributed by atoms with Crippen molar-refractivity contribution in [2.75, 3.05) is 10.6 Å². The smallest absolute Gasteiger partial charge is 0.335 e. The van der Waals surface area contributed by atoms with Gasteiger partial charge < -0.3 is 15.7 Å². The predicted octanol–water partition coefficient (Wildman–Crippen LogP) is 5.60. The zero-order valence-corrected chi connectivity index (χ0v) is 18.4. The van der Waals surface area contributed by atoms with Crippen LogP contribution in [0.4, 0.5) is 11.4 Å². The molecule has 0 fully saturated rings. The monoisotopic (exact) mass is 448 g/mol. The molecule has 3 rings (SSSR count). The minimum atomic E-state index is -1.05. The van der Waals surface area contributed by atoms with E-state index in [0.29, 0.717) is 17.8 Å². The van der Waals surface area contributed by atoms with Crippen LogP contribution < -0.4 is 10.6 Å². The van der Waals surface area contributed by atoms with Crippen LogP contribution in [-0.4, -0.2) is 22.9 Å². The van der Waals surface area contributed by atoms with Gasteiger partial charge in [0.15, 0.2) is 0 Å². The molecule has 0 bridgehead atoms. The zero-order valence-electron chi connectivity index (χ0n) is 17.6. The molecule has 0 saturated heterocycles. The third-order valence-electron chi connectivity index (χ3n) is 4.59. The normalized spacial score (nSPS) is 11.4. The second-order valence-corrected chi connectivity index (χ2v) is 8.28. The van der Waals surface area contributed by atoms with E-state index < -0.39 is 11.2 Å². The van der Waals surface area contributed by atoms with Crippen molar-refractivity contribution in [2.24, 2.45) is 0 Å². The molecule has 2 amide bonds. The van der Waals surface area contributed by atoms with Gasteiger partial charge in [0.2, 0.25) is 11.8 Å². The summed E-state index contributed by atoms with van der Waals surface area (Å²) in [7, 11) is 0. The summed E-state index contributed by atoms with van der Waals surface area (Å²) >= 11 is 1.38. The van der Waals surface area contributed by atoms with Gasteiger partial charge in [-0.2, -0.15) is 0 Å². The van der Waals surface area contributed by atoms with E-state index in [4.69, 9.17) is 0 Å². The summed E-state index contributed by atoms with van der Waals surface area (Å²) in [5, 5.41) is 14.3. The average molecular weight is 449 g/mol. The fourth-order valence-corrected chi connectivity index (χ4v) is 4.07. The van der Waals surface area contributed by atoms with Crippen LogP contribution >= 0.6 is 11.8 Å². The first kappa shape index (κ1) is 23.1. The molecule has 3 N–H and O–H groups in total. The van der Waals surface area contributed by atoms with Gasteiger partial charge in [0.1, 0.15) is 5.25 Å². The lowest BCUT2D eigenvalue weighted by Gasteiger charge is -2.17. The molecule has 0 saturated carbocycles. The highest BCUT2D eigenvalue weighted by Crippen LogP contribution is 2.36. The molecule has 3 aromatic carbocycles. The lowest BCUT2D eigenvalue weighted by molar-refractivity contribution is -0.116. The fourth-order valence-electron chi connectivity index (χ4n) is 3.04. The number of carbonyl (C=O) groups is 3. The molecule has 7 heteroatoms. The topological polar surface area (TPSA) is 95.5 Å². The Bertz CT molecular complexity index is 1080. The van der Waals surface area contributed by atoms with E-state index in [1.54, 1.807) is 12.1 Å². The Morgan fingerprint density at radius 3 is 2.25 bits per heavy atom. The van der Waals surface area contributed by atoms with Gasteiger partial charge in [-0.1, -0.05) is 43.3 Å². The first-order chi connectivity index (χ1) is 15.5. The van der Waals surface area contributed by atoms with Crippen LogP contribution in [0.1, 0.15) is 40.9 Å². The van der Waals surface area contributed by atoms with E-state index in [1.807, 2.05) is 61.5 Å². The van der Waals surface area contributed by atoms with Crippen LogP contribution in [0.15, 0.2) is 83.8 Å². The highest BCUT2D eigenvalue weighted by molar-refractivity contribution is 8.00. The number of carbonyl (C=O) groups excluding carboxylic acids is 2. The molecular weight excluding hydrogens is 424 g/mol. The molecule has 6 nitrogen and oxygen atoms in total. The van der Waals surface area contributed by atoms with Gasteiger partial charge in [-0.25, -0.2) is 4.79 Å². The number of anilines is 2. The van der Waals surface area contributed by atoms with Gasteiger partial charge in [-0.3, -0.25) is 9.59 Å². The number of nitrogens with one attached hydrogen (secondary N) is 2. The maximum absolute atomic E-state index is 13.1. The molecule has 1 unspecified atom stereocenters. The van der Waals surface area contributed by atoms with E-state index in [9.17, 15) is 19.5 Å². The summed E-state index contributed by atoms with van der Waals surface area (Å²) in [6.07, 6.45) is 1.25. The van der Waals surface area contributed by atoms with Gasteiger partial charge >= 0.3 is 5.97 Å². The van der Waals surface area contributed by atoms with E-state index in [-0.39, 0.29) is 17.4 Å². The van der Waals surface area contributed by atoms with Crippen LogP contribution in [0.25, 0.3) is 0 Å². The van der Waals surface area contributed by atoms with E-state index >= 15 is 0 Å². The predicted molar refractivity (Wildman–Crippen MR) is 127 cm³/mol. The molecule has 0 radical (unpaired) electrons. The molecule has 164 valence electrons. The lowest BCUT2D eigenvalue weighted by Crippen LogP contribution is -2.19. The lowest BCUT2D eigenvalue weighted by atomic mass is 10.1. The third-order valence-corrected chi connectivity index (χ3v) is 5.85. The van der Waals surface area contributed by atoms with E-state index in [0.717, 1.165) is 16.9 Å². The van der Waals surface area contributed by atoms with Crippen molar-refractivity contribution >= 4 is 40.9 Å². The molecule has 0 aliphatic carbocycles. The maximum atomic E-state index is 13.1. The number of hydrogen-bond donors (Lipinski definition) is 3. The van der Waals surface area contributed by atoms with Crippen LogP contribution in [0.3, 0.4) is 0 Å². The highest BCUT2D eigenvalue weighted by atomic mass is 32.2. The van der Waals surface area contributed by atoms with E-state index in [2.05, 4.69) is 10.6 Å². The number of carboxylic acids is 1. The van der Waals surface area contributed by atoms with Gasteiger partial charge in [-0.15, -0.1) is 11.8 Å². The Balaban J connectivity index is 1.78. The molecular formula is C25H24N2O4S. The van der Waals surface area contributed by atoms with Gasteiger partial charge in [0.25, 0.3) is 0 Å². The Kier molecular flexibility index (Phi) is 8.05. The molecule has 0 heterocycles. The summed E-state index contributed by atoms with van der Waals surface area (Å²) < 4.78 is 0. The Hall–Kier alpha value is -3.58. The zero-order chi connectivity index (χ0) is 22.9. The SMILES string of the molecule is CCCC(=O)Nc1ccc(SC(C(=O)Nc2cccc(C(=O)O)c2)c2ccccc2)cc1. The van der Waals surface area contributed by atoms with Crippen LogP contribution in [0.2, 0.25) is 0 Å². The number of amides is 2. The standard InChI is InChI=1S/C25H24N2O4S/c1-2-7-22(28)26-19-12-14-21(15-13-19)32-23(17-8-4-3-5-9-17)24(29)27-20-11-6-10-18(16-20)25(30)31/h3-6,8-16,23H,2,7H2,1H3,(H,26,28)(H,27,29)(H,30,31). The number of rotatable bonds is 9. The first-order valence-corrected chi connectivity index (χ1v) is 11.1. The van der Waals surface area contributed by atoms with Gasteiger partial charge in [0, 0.05) is 22.7 Å². The quantitative estimate of drug-likeness (QED) is 0.371. The van der Waals surface area contributed by atoms with Crippen molar-refractivity contribution < 1.29 is 19.5 Å². The Morgan fingerprint density at radius 1 is 0.875 bits per heavy atom. The molecule has 3 aromatic rings. The van der Waals surface area contributed by atoms with Crippen molar-refractivity contribution in [3.63, 3.8) is 0 Å². The number of aromatic carboxylic acids is 1. The highest BCUT2D eigenvalue weighted by Gasteiger charge is 2.22. The average Bonchev–Trinajstić information content (AvgIpc) is 2.79. The molecule has 0 aromatic heterocycles. The number of thioether (sulfide) groups is 1. The minimum Gasteiger partial charge on any atom is -0.478 e. The van der Waals surface area contributed by atoms with Crippen molar-refractivity contribution in [3.8, 4) is 0 Å². The van der Waals surface area contributed by atoms with E-state index in [1.165, 1.54) is 23.9 Å².